The van der Waals surface area contributed by atoms with Gasteiger partial charge in [-0.3, -0.25) is 9.59 Å². The van der Waals surface area contributed by atoms with E-state index in [4.69, 9.17) is 0 Å². The van der Waals surface area contributed by atoms with Crippen molar-refractivity contribution >= 4 is 5.91 Å². The summed E-state index contributed by atoms with van der Waals surface area (Å²) in [6.45, 7) is 6.97. The zero-order valence-corrected chi connectivity index (χ0v) is 14.5. The van der Waals surface area contributed by atoms with Crippen LogP contribution in [0.25, 0.3) is 0 Å². The smallest absolute Gasteiger partial charge is 0.263 e. The second kappa shape index (κ2) is 6.19. The summed E-state index contributed by atoms with van der Waals surface area (Å²) in [6, 6.07) is 3.40. The highest BCUT2D eigenvalue weighted by Crippen LogP contribution is 2.22. The molecule has 6 heteroatoms. The Morgan fingerprint density at radius 2 is 2.04 bits per heavy atom. The monoisotopic (exact) mass is 326 g/mol. The van der Waals surface area contributed by atoms with E-state index in [0.717, 1.165) is 29.2 Å². The Morgan fingerprint density at radius 1 is 1.29 bits per heavy atom. The van der Waals surface area contributed by atoms with Crippen LogP contribution in [0.5, 0.6) is 0 Å². The molecule has 0 saturated heterocycles. The summed E-state index contributed by atoms with van der Waals surface area (Å²) in [6.07, 6.45) is 2.63. The number of fused-ring (bicyclic) bond motifs is 1. The van der Waals surface area contributed by atoms with Gasteiger partial charge in [-0.15, -0.1) is 0 Å². The number of hydrogen-bond donors (Lipinski definition) is 0. The first-order valence-electron chi connectivity index (χ1n) is 8.16. The van der Waals surface area contributed by atoms with Gasteiger partial charge in [0.2, 0.25) is 0 Å². The Balaban J connectivity index is 1.84. The van der Waals surface area contributed by atoms with Crippen LogP contribution in [0, 0.1) is 12.8 Å². The molecule has 0 aliphatic carbocycles. The van der Waals surface area contributed by atoms with Crippen molar-refractivity contribution in [3.63, 3.8) is 0 Å². The van der Waals surface area contributed by atoms with Crippen LogP contribution in [-0.4, -0.2) is 25.3 Å². The Kier molecular flexibility index (Phi) is 4.22. The van der Waals surface area contributed by atoms with E-state index in [0.29, 0.717) is 19.0 Å². The van der Waals surface area contributed by atoms with Crippen LogP contribution in [0.4, 0.5) is 0 Å². The number of aryl methyl sites for hydroxylation is 1. The van der Waals surface area contributed by atoms with Crippen molar-refractivity contribution in [2.45, 2.75) is 40.3 Å². The molecule has 0 atom stereocenters. The van der Waals surface area contributed by atoms with Gasteiger partial charge >= 0.3 is 0 Å². The minimum absolute atomic E-state index is 0.200. The van der Waals surface area contributed by atoms with Crippen molar-refractivity contribution in [1.29, 1.82) is 0 Å². The highest BCUT2D eigenvalue weighted by atomic mass is 16.2. The van der Waals surface area contributed by atoms with Crippen LogP contribution in [0.1, 0.15) is 47.0 Å². The lowest BCUT2D eigenvalue weighted by atomic mass is 10.1. The zero-order chi connectivity index (χ0) is 17.4. The number of pyridine rings is 1. The number of aromatic nitrogens is 3. The normalized spacial score (nSPS) is 13.5. The van der Waals surface area contributed by atoms with Crippen LogP contribution in [-0.2, 0) is 26.6 Å². The lowest BCUT2D eigenvalue weighted by Gasteiger charge is -2.15. The quantitative estimate of drug-likeness (QED) is 0.863. The minimum Gasteiger partial charge on any atom is -0.328 e. The van der Waals surface area contributed by atoms with Gasteiger partial charge in [-0.2, -0.15) is 0 Å². The second-order valence-corrected chi connectivity index (χ2v) is 6.77. The standard InChI is InChI=1S/C18H22N4O2/c1-11(2)7-16-19-8-13-9-22(10-15(13)20-16)18(24)14-6-5-12(3)21(4)17(14)23/h5-6,8,11H,7,9-10H2,1-4H3. The van der Waals surface area contributed by atoms with Crippen molar-refractivity contribution in [3.8, 4) is 0 Å². The molecule has 2 aromatic heterocycles. The second-order valence-electron chi connectivity index (χ2n) is 6.77. The van der Waals surface area contributed by atoms with E-state index in [9.17, 15) is 9.59 Å². The SMILES string of the molecule is Cc1ccc(C(=O)N2Cc3cnc(CC(C)C)nc3C2)c(=O)n1C. The predicted molar refractivity (Wildman–Crippen MR) is 90.6 cm³/mol. The molecule has 0 unspecified atom stereocenters. The first-order valence-corrected chi connectivity index (χ1v) is 8.16. The number of carbonyl (C=O) groups excluding carboxylic acids is 1. The van der Waals surface area contributed by atoms with Gasteiger partial charge in [-0.05, 0) is 25.0 Å². The molecule has 6 nitrogen and oxygen atoms in total. The van der Waals surface area contributed by atoms with E-state index in [1.54, 1.807) is 30.3 Å². The van der Waals surface area contributed by atoms with Crippen molar-refractivity contribution in [3.05, 3.63) is 57.0 Å². The van der Waals surface area contributed by atoms with Crippen LogP contribution >= 0.6 is 0 Å². The summed E-state index contributed by atoms with van der Waals surface area (Å²) >= 11 is 0. The maximum absolute atomic E-state index is 12.7. The van der Waals surface area contributed by atoms with Gasteiger partial charge in [0.1, 0.15) is 11.4 Å². The minimum atomic E-state index is -0.262. The van der Waals surface area contributed by atoms with E-state index in [1.165, 1.54) is 4.57 Å². The Morgan fingerprint density at radius 3 is 2.75 bits per heavy atom. The average Bonchev–Trinajstić information content (AvgIpc) is 2.95. The van der Waals surface area contributed by atoms with Gasteiger partial charge in [-0.25, -0.2) is 9.97 Å². The average molecular weight is 326 g/mol. The Bertz CT molecular complexity index is 855. The molecule has 3 heterocycles. The summed E-state index contributed by atoms with van der Waals surface area (Å²) in [7, 11) is 1.68. The van der Waals surface area contributed by atoms with E-state index < -0.39 is 0 Å². The van der Waals surface area contributed by atoms with Crippen LogP contribution in [0.2, 0.25) is 0 Å². The molecule has 24 heavy (non-hydrogen) atoms. The van der Waals surface area contributed by atoms with Crippen LogP contribution in [0.15, 0.2) is 23.1 Å². The molecule has 0 N–H and O–H groups in total. The van der Waals surface area contributed by atoms with Crippen molar-refractivity contribution in [1.82, 2.24) is 19.4 Å². The Labute approximate surface area is 141 Å². The van der Waals surface area contributed by atoms with Crippen molar-refractivity contribution in [2.24, 2.45) is 13.0 Å². The summed E-state index contributed by atoms with van der Waals surface area (Å²) in [5, 5.41) is 0. The summed E-state index contributed by atoms with van der Waals surface area (Å²) < 4.78 is 1.50. The van der Waals surface area contributed by atoms with Crippen LogP contribution in [0.3, 0.4) is 0 Å². The molecule has 0 saturated carbocycles. The van der Waals surface area contributed by atoms with Crippen molar-refractivity contribution in [2.75, 3.05) is 0 Å². The Hall–Kier alpha value is -2.50. The number of hydrogen-bond acceptors (Lipinski definition) is 4. The maximum Gasteiger partial charge on any atom is 0.263 e. The first kappa shape index (κ1) is 16.4. The number of carbonyl (C=O) groups is 1. The third-order valence-corrected chi connectivity index (χ3v) is 4.37. The largest absolute Gasteiger partial charge is 0.328 e. The van der Waals surface area contributed by atoms with Gasteiger partial charge in [0.15, 0.2) is 0 Å². The topological polar surface area (TPSA) is 68.1 Å². The molecule has 0 fully saturated rings. The molecule has 0 radical (unpaired) electrons. The molecule has 1 amide bonds. The van der Waals surface area contributed by atoms with Gasteiger partial charge in [0.25, 0.3) is 11.5 Å². The third-order valence-electron chi connectivity index (χ3n) is 4.37. The summed E-state index contributed by atoms with van der Waals surface area (Å²) in [5.41, 5.74) is 2.61. The molecular formula is C18H22N4O2. The molecule has 0 spiro atoms. The molecule has 0 bridgehead atoms. The first-order chi connectivity index (χ1) is 11.4. The molecule has 126 valence electrons. The van der Waals surface area contributed by atoms with E-state index in [1.807, 2.05) is 6.92 Å². The third kappa shape index (κ3) is 2.96. The van der Waals surface area contributed by atoms with Gasteiger partial charge in [0, 0.05) is 37.5 Å². The molecular weight excluding hydrogens is 304 g/mol. The van der Waals surface area contributed by atoms with Gasteiger partial charge in [-0.1, -0.05) is 13.8 Å². The van der Waals surface area contributed by atoms with E-state index in [-0.39, 0.29) is 17.0 Å². The number of nitrogens with zero attached hydrogens (tertiary/aromatic N) is 4. The lowest BCUT2D eigenvalue weighted by molar-refractivity contribution is 0.0748. The number of amides is 1. The summed E-state index contributed by atoms with van der Waals surface area (Å²) in [4.78, 5) is 35.7. The molecule has 1 aliphatic heterocycles. The fourth-order valence-corrected chi connectivity index (χ4v) is 2.86. The fraction of sp³-hybridized carbons (Fsp3) is 0.444. The zero-order valence-electron chi connectivity index (χ0n) is 14.5. The number of rotatable bonds is 3. The maximum atomic E-state index is 12.7. The predicted octanol–water partition coefficient (Wildman–Crippen LogP) is 1.84. The molecule has 0 aromatic carbocycles. The lowest BCUT2D eigenvalue weighted by Crippen LogP contribution is -2.33. The van der Waals surface area contributed by atoms with Gasteiger partial charge < -0.3 is 9.47 Å². The van der Waals surface area contributed by atoms with Gasteiger partial charge in [0.05, 0.1) is 12.2 Å². The van der Waals surface area contributed by atoms with E-state index in [2.05, 4.69) is 23.8 Å². The highest BCUT2D eigenvalue weighted by molar-refractivity contribution is 5.94. The van der Waals surface area contributed by atoms with E-state index >= 15 is 0 Å². The molecule has 1 aliphatic rings. The summed E-state index contributed by atoms with van der Waals surface area (Å²) in [5.74, 6) is 1.04. The fourth-order valence-electron chi connectivity index (χ4n) is 2.86. The highest BCUT2D eigenvalue weighted by Gasteiger charge is 2.27. The molecule has 3 rings (SSSR count). The van der Waals surface area contributed by atoms with Crippen LogP contribution < -0.4 is 5.56 Å². The van der Waals surface area contributed by atoms with Crippen molar-refractivity contribution < 1.29 is 4.79 Å². The molecule has 2 aromatic rings.